The maximum absolute atomic E-state index is 4.70. The van der Waals surface area contributed by atoms with Crippen molar-refractivity contribution in [1.82, 2.24) is 34.3 Å². The average Bonchev–Trinajstić information content (AvgIpc) is 3.27. The molecule has 1 N–H and O–H groups in total. The quantitative estimate of drug-likeness (QED) is 0.543. The number of anilines is 2. The van der Waals surface area contributed by atoms with Crippen molar-refractivity contribution >= 4 is 28.2 Å². The van der Waals surface area contributed by atoms with E-state index in [4.69, 9.17) is 4.98 Å². The molecule has 5 aromatic heterocycles. The Balaban J connectivity index is 1.54. The highest BCUT2D eigenvalue weighted by molar-refractivity contribution is 5.83. The molecule has 0 aromatic carbocycles. The predicted octanol–water partition coefficient (Wildman–Crippen LogP) is 2.82. The van der Waals surface area contributed by atoms with Gasteiger partial charge in [-0.3, -0.25) is 9.67 Å². The molecule has 0 spiro atoms. The van der Waals surface area contributed by atoms with Crippen LogP contribution >= 0.6 is 0 Å². The Hall–Kier alpha value is -3.81. The number of aryl methyl sites for hydroxylation is 1. The number of nitrogens with zero attached hydrogens (tertiary/aromatic N) is 7. The molecule has 0 aliphatic heterocycles. The number of hydrogen-bond donors (Lipinski definition) is 1. The van der Waals surface area contributed by atoms with E-state index in [0.717, 1.165) is 33.5 Å². The summed E-state index contributed by atoms with van der Waals surface area (Å²) in [6, 6.07) is 9.77. The maximum Gasteiger partial charge on any atom is 0.245 e. The Morgan fingerprint density at radius 2 is 1.96 bits per heavy atom. The molecule has 0 saturated carbocycles. The van der Waals surface area contributed by atoms with Crippen LogP contribution in [0.1, 0.15) is 0 Å². The van der Waals surface area contributed by atoms with E-state index >= 15 is 0 Å². The lowest BCUT2D eigenvalue weighted by Gasteiger charge is -2.04. The number of rotatable bonds is 3. The lowest BCUT2D eigenvalue weighted by molar-refractivity contribution is 0.768. The fourth-order valence-corrected chi connectivity index (χ4v) is 2.90. The van der Waals surface area contributed by atoms with Crippen molar-refractivity contribution in [3.05, 3.63) is 61.3 Å². The van der Waals surface area contributed by atoms with Crippen molar-refractivity contribution in [2.45, 2.75) is 0 Å². The van der Waals surface area contributed by atoms with Gasteiger partial charge >= 0.3 is 0 Å². The van der Waals surface area contributed by atoms with E-state index < -0.39 is 0 Å². The molecule has 0 aliphatic carbocycles. The van der Waals surface area contributed by atoms with E-state index in [2.05, 4.69) is 25.5 Å². The first-order chi connectivity index (χ1) is 12.8. The van der Waals surface area contributed by atoms with Crippen LogP contribution < -0.4 is 5.32 Å². The predicted molar refractivity (Wildman–Crippen MR) is 98.0 cm³/mol. The molecule has 5 heterocycles. The molecule has 0 saturated heterocycles. The van der Waals surface area contributed by atoms with E-state index in [1.807, 2.05) is 49.8 Å². The van der Waals surface area contributed by atoms with Gasteiger partial charge < -0.3 is 5.32 Å². The van der Waals surface area contributed by atoms with Crippen molar-refractivity contribution in [2.24, 2.45) is 7.05 Å². The minimum absolute atomic E-state index is 0.503. The van der Waals surface area contributed by atoms with E-state index in [9.17, 15) is 0 Å². The van der Waals surface area contributed by atoms with E-state index in [1.54, 1.807) is 27.8 Å². The second kappa shape index (κ2) is 5.62. The third-order valence-electron chi connectivity index (χ3n) is 4.11. The second-order valence-electron chi connectivity index (χ2n) is 5.91. The minimum Gasteiger partial charge on any atom is -0.320 e. The van der Waals surface area contributed by atoms with Crippen LogP contribution in [0.15, 0.2) is 61.3 Å². The molecule has 0 amide bonds. The fraction of sp³-hybridized carbons (Fsp3) is 0.0556. The molecule has 5 aromatic rings. The number of pyridine rings is 2. The highest BCUT2D eigenvalue weighted by atomic mass is 15.3. The molecule has 0 aliphatic rings. The van der Waals surface area contributed by atoms with Gasteiger partial charge in [-0.05, 0) is 30.3 Å². The highest BCUT2D eigenvalue weighted by Gasteiger charge is 2.10. The Morgan fingerprint density at radius 3 is 2.85 bits per heavy atom. The lowest BCUT2D eigenvalue weighted by atomic mass is 10.1. The van der Waals surface area contributed by atoms with Crippen molar-refractivity contribution in [1.29, 1.82) is 0 Å². The van der Waals surface area contributed by atoms with Gasteiger partial charge in [0.25, 0.3) is 0 Å². The SMILES string of the molecule is Cn1cc(Nc2ncc3c(-c4ccc5ncccc5n4)ccn3n2)cn1. The largest absolute Gasteiger partial charge is 0.320 e. The first-order valence-corrected chi connectivity index (χ1v) is 8.08. The van der Waals surface area contributed by atoms with Crippen molar-refractivity contribution in [3.8, 4) is 11.3 Å². The maximum atomic E-state index is 4.70. The van der Waals surface area contributed by atoms with Crippen molar-refractivity contribution < 1.29 is 0 Å². The monoisotopic (exact) mass is 342 g/mol. The summed E-state index contributed by atoms with van der Waals surface area (Å²) in [4.78, 5) is 13.4. The van der Waals surface area contributed by atoms with Crippen LogP contribution in [0.25, 0.3) is 27.8 Å². The Kier molecular flexibility index (Phi) is 3.14. The van der Waals surface area contributed by atoms with E-state index in [-0.39, 0.29) is 0 Å². The topological polar surface area (TPSA) is 85.8 Å². The fourth-order valence-electron chi connectivity index (χ4n) is 2.90. The second-order valence-corrected chi connectivity index (χ2v) is 5.91. The molecular weight excluding hydrogens is 328 g/mol. The molecule has 5 rings (SSSR count). The van der Waals surface area contributed by atoms with Gasteiger partial charge in [-0.15, -0.1) is 5.10 Å². The molecule has 0 radical (unpaired) electrons. The van der Waals surface area contributed by atoms with Gasteiger partial charge in [0.15, 0.2) is 0 Å². The van der Waals surface area contributed by atoms with Gasteiger partial charge in [0.2, 0.25) is 5.95 Å². The number of fused-ring (bicyclic) bond motifs is 2. The van der Waals surface area contributed by atoms with Gasteiger partial charge in [-0.2, -0.15) is 5.10 Å². The summed E-state index contributed by atoms with van der Waals surface area (Å²) in [5.41, 5.74) is 5.30. The molecule has 8 nitrogen and oxygen atoms in total. The van der Waals surface area contributed by atoms with Crippen LogP contribution in [0.2, 0.25) is 0 Å². The number of aromatic nitrogens is 7. The molecule has 0 fully saturated rings. The zero-order valence-electron chi connectivity index (χ0n) is 13.9. The summed E-state index contributed by atoms with van der Waals surface area (Å²) in [5.74, 6) is 0.503. The smallest absolute Gasteiger partial charge is 0.245 e. The van der Waals surface area contributed by atoms with Gasteiger partial charge in [0, 0.05) is 31.2 Å². The summed E-state index contributed by atoms with van der Waals surface area (Å²) in [7, 11) is 1.86. The Labute approximate surface area is 148 Å². The first kappa shape index (κ1) is 14.5. The molecule has 126 valence electrons. The zero-order chi connectivity index (χ0) is 17.5. The molecule has 8 heteroatoms. The van der Waals surface area contributed by atoms with Gasteiger partial charge in [-0.1, -0.05) is 0 Å². The summed E-state index contributed by atoms with van der Waals surface area (Å²) >= 11 is 0. The van der Waals surface area contributed by atoms with Gasteiger partial charge in [0.05, 0.1) is 40.3 Å². The lowest BCUT2D eigenvalue weighted by Crippen LogP contribution is -2.00. The van der Waals surface area contributed by atoms with Gasteiger partial charge in [0.1, 0.15) is 0 Å². The molecular formula is C18H14N8. The normalized spacial score (nSPS) is 11.3. The van der Waals surface area contributed by atoms with Crippen LogP contribution in [0.5, 0.6) is 0 Å². The Morgan fingerprint density at radius 1 is 1.00 bits per heavy atom. The molecule has 0 bridgehead atoms. The van der Waals surface area contributed by atoms with Crippen molar-refractivity contribution in [2.75, 3.05) is 5.32 Å². The third kappa shape index (κ3) is 2.44. The van der Waals surface area contributed by atoms with Crippen LogP contribution in [0, 0.1) is 0 Å². The molecule has 26 heavy (non-hydrogen) atoms. The molecule has 0 unspecified atom stereocenters. The number of hydrogen-bond acceptors (Lipinski definition) is 6. The van der Waals surface area contributed by atoms with Crippen LogP contribution in [0.4, 0.5) is 11.6 Å². The molecule has 0 atom stereocenters. The Bertz CT molecular complexity index is 1240. The van der Waals surface area contributed by atoms with Crippen LogP contribution in [0.3, 0.4) is 0 Å². The highest BCUT2D eigenvalue weighted by Crippen LogP contribution is 2.25. The van der Waals surface area contributed by atoms with Gasteiger partial charge in [-0.25, -0.2) is 14.5 Å². The summed E-state index contributed by atoms with van der Waals surface area (Å²) < 4.78 is 3.50. The first-order valence-electron chi connectivity index (χ1n) is 8.08. The average molecular weight is 342 g/mol. The van der Waals surface area contributed by atoms with Crippen molar-refractivity contribution in [3.63, 3.8) is 0 Å². The summed E-state index contributed by atoms with van der Waals surface area (Å²) in [6.07, 6.45) is 9.04. The standard InChI is InChI=1S/C18H14N8/c1-25-11-12(9-21-25)22-18-20-10-17-13(6-8-26(17)24-18)14-4-5-15-16(23-14)3-2-7-19-15/h2-11H,1H3,(H,22,24). The summed E-state index contributed by atoms with van der Waals surface area (Å²) in [5, 5.41) is 11.8. The zero-order valence-corrected chi connectivity index (χ0v) is 13.9. The summed E-state index contributed by atoms with van der Waals surface area (Å²) in [6.45, 7) is 0. The van der Waals surface area contributed by atoms with Crippen LogP contribution in [-0.2, 0) is 7.05 Å². The van der Waals surface area contributed by atoms with E-state index in [0.29, 0.717) is 5.95 Å². The van der Waals surface area contributed by atoms with Crippen LogP contribution in [-0.4, -0.2) is 34.3 Å². The third-order valence-corrected chi connectivity index (χ3v) is 4.11. The minimum atomic E-state index is 0.503. The van der Waals surface area contributed by atoms with E-state index in [1.165, 1.54) is 0 Å². The number of nitrogens with one attached hydrogen (secondary N) is 1.